The summed E-state index contributed by atoms with van der Waals surface area (Å²) in [6.45, 7) is 4.06. The van der Waals surface area contributed by atoms with Gasteiger partial charge < -0.3 is 10.2 Å². The Labute approximate surface area is 178 Å². The summed E-state index contributed by atoms with van der Waals surface area (Å²) in [5.74, 6) is 1.84. The molecule has 3 N–H and O–H groups in total. The number of carbonyl (C=O) groups excluding carboxylic acids is 1. The minimum Gasteiger partial charge on any atom is -0.324 e. The van der Waals surface area contributed by atoms with Gasteiger partial charge in [0.1, 0.15) is 17.4 Å². The Hall–Kier alpha value is -3.09. The van der Waals surface area contributed by atoms with Crippen LogP contribution in [-0.2, 0) is 5.41 Å². The van der Waals surface area contributed by atoms with Crippen LogP contribution < -0.4 is 5.32 Å². The topological polar surface area (TPSA) is 106 Å². The number of amides is 1. The molecule has 0 radical (unpaired) electrons. The summed E-state index contributed by atoms with van der Waals surface area (Å²) in [4.78, 5) is 23.4. The minimum atomic E-state index is -0.420. The lowest BCUT2D eigenvalue weighted by Crippen LogP contribution is -2.52. The van der Waals surface area contributed by atoms with E-state index in [1.54, 1.807) is 18.0 Å². The van der Waals surface area contributed by atoms with E-state index in [1.165, 1.54) is 6.34 Å². The van der Waals surface area contributed by atoms with E-state index in [9.17, 15) is 4.79 Å². The quantitative estimate of drug-likeness (QED) is 0.490. The largest absolute Gasteiger partial charge is 0.324 e. The average molecular weight is 407 g/mol. The highest BCUT2D eigenvalue weighted by atomic mass is 16.1. The number of likely N-dealkylation sites (N-methyl/N-ethyl adjacent to an activating group) is 1. The molecule has 0 atom stereocenters. The van der Waals surface area contributed by atoms with E-state index < -0.39 is 5.41 Å². The molecule has 0 saturated heterocycles. The molecule has 2 fully saturated rings. The Kier molecular flexibility index (Phi) is 5.13. The smallest absolute Gasteiger partial charge is 0.274 e. The highest BCUT2D eigenvalue weighted by Gasteiger charge is 2.48. The van der Waals surface area contributed by atoms with Crippen LogP contribution in [-0.4, -0.2) is 40.0 Å². The van der Waals surface area contributed by atoms with Gasteiger partial charge in [0.05, 0.1) is 11.8 Å². The van der Waals surface area contributed by atoms with Gasteiger partial charge in [-0.2, -0.15) is 0 Å². The molecule has 7 nitrogen and oxygen atoms in total. The molecule has 1 aromatic heterocycles. The molecule has 0 bridgehead atoms. The van der Waals surface area contributed by atoms with Crippen LogP contribution in [0.15, 0.2) is 30.3 Å². The molecule has 0 spiro atoms. The Balaban J connectivity index is 0.00000272. The maximum Gasteiger partial charge on any atom is 0.274 e. The summed E-state index contributed by atoms with van der Waals surface area (Å²) in [6, 6.07) is 9.44. The summed E-state index contributed by atoms with van der Waals surface area (Å²) >= 11 is 0. The zero-order chi connectivity index (χ0) is 21.5. The lowest BCUT2D eigenvalue weighted by Gasteiger charge is -2.48. The third-order valence-corrected chi connectivity index (χ3v) is 6.11. The van der Waals surface area contributed by atoms with Crippen molar-refractivity contribution in [2.45, 2.75) is 50.9 Å². The van der Waals surface area contributed by atoms with Crippen LogP contribution in [0.2, 0.25) is 0 Å². The van der Waals surface area contributed by atoms with E-state index in [-0.39, 0.29) is 7.33 Å². The number of benzene rings is 1. The molecule has 2 aliphatic rings. The van der Waals surface area contributed by atoms with Crippen LogP contribution in [0.1, 0.15) is 67.5 Å². The van der Waals surface area contributed by atoms with Crippen molar-refractivity contribution in [3.8, 4) is 0 Å². The van der Waals surface area contributed by atoms with Gasteiger partial charge in [-0.05, 0) is 62.3 Å². The molecule has 158 valence electrons. The van der Waals surface area contributed by atoms with Gasteiger partial charge >= 0.3 is 0 Å². The van der Waals surface area contributed by atoms with Gasteiger partial charge in [-0.15, -0.1) is 0 Å². The predicted octanol–water partition coefficient (Wildman–Crippen LogP) is 4.34. The number of anilines is 1. The summed E-state index contributed by atoms with van der Waals surface area (Å²) in [6.07, 6.45) is 5.06. The molecular formula is C23H30N6O. The molecule has 30 heavy (non-hydrogen) atoms. The zero-order valence-corrected chi connectivity index (χ0v) is 17.7. The van der Waals surface area contributed by atoms with Crippen molar-refractivity contribution in [3.05, 3.63) is 53.1 Å². The van der Waals surface area contributed by atoms with E-state index in [4.69, 9.17) is 10.8 Å². The van der Waals surface area contributed by atoms with Gasteiger partial charge in [0.2, 0.25) is 0 Å². The van der Waals surface area contributed by atoms with Crippen LogP contribution in [0.25, 0.3) is 0 Å². The standard InChI is InChI=1S/C23H28N6O.H2/c1-14-11-23(12-14,22(25)29(3)13-24)17-5-4-6-18(10-17)27-21(30)19-9-15(2)26-20(28-19)16-7-8-16;/h4-6,9-10,13-14,16,24-25H,7-8,11-12H2,1-3H3,(H,27,30);1H. The molecular weight excluding hydrogens is 376 g/mol. The third-order valence-electron chi connectivity index (χ3n) is 6.11. The Morgan fingerprint density at radius 1 is 1.30 bits per heavy atom. The minimum absolute atomic E-state index is 0. The normalized spacial score (nSPS) is 22.7. The van der Waals surface area contributed by atoms with Crippen LogP contribution in [0.5, 0.6) is 0 Å². The molecule has 1 aromatic carbocycles. The van der Waals surface area contributed by atoms with Crippen molar-refractivity contribution in [2.24, 2.45) is 5.92 Å². The number of hydrogen-bond acceptors (Lipinski definition) is 5. The number of amidine groups is 1. The Morgan fingerprint density at radius 2 is 2.03 bits per heavy atom. The number of nitrogens with one attached hydrogen (secondary N) is 3. The molecule has 1 amide bonds. The van der Waals surface area contributed by atoms with Crippen molar-refractivity contribution < 1.29 is 6.22 Å². The number of carbonyl (C=O) groups is 1. The number of rotatable bonds is 6. The maximum absolute atomic E-state index is 12.9. The number of aromatic nitrogens is 2. The summed E-state index contributed by atoms with van der Waals surface area (Å²) in [7, 11) is 1.74. The van der Waals surface area contributed by atoms with E-state index in [0.29, 0.717) is 29.1 Å². The highest BCUT2D eigenvalue weighted by molar-refractivity contribution is 6.03. The highest BCUT2D eigenvalue weighted by Crippen LogP contribution is 2.49. The first-order valence-electron chi connectivity index (χ1n) is 10.4. The fraction of sp³-hybridized carbons (Fsp3) is 0.435. The van der Waals surface area contributed by atoms with Gasteiger partial charge in [-0.1, -0.05) is 19.1 Å². The third kappa shape index (κ3) is 3.72. The van der Waals surface area contributed by atoms with Gasteiger partial charge in [0, 0.05) is 25.8 Å². The molecule has 0 aliphatic heterocycles. The van der Waals surface area contributed by atoms with Crippen LogP contribution in [0.3, 0.4) is 0 Å². The first kappa shape index (κ1) is 20.2. The lowest BCUT2D eigenvalue weighted by atomic mass is 9.58. The zero-order valence-electron chi connectivity index (χ0n) is 17.7. The summed E-state index contributed by atoms with van der Waals surface area (Å²) in [5.41, 5.74) is 2.45. The van der Waals surface area contributed by atoms with Crippen molar-refractivity contribution >= 4 is 23.8 Å². The Morgan fingerprint density at radius 3 is 2.67 bits per heavy atom. The predicted molar refractivity (Wildman–Crippen MR) is 120 cm³/mol. The maximum atomic E-state index is 12.9. The van der Waals surface area contributed by atoms with E-state index >= 15 is 0 Å². The second kappa shape index (κ2) is 7.63. The molecule has 2 aromatic rings. The van der Waals surface area contributed by atoms with Gasteiger partial charge in [0.15, 0.2) is 0 Å². The van der Waals surface area contributed by atoms with Gasteiger partial charge in [-0.25, -0.2) is 9.97 Å². The first-order chi connectivity index (χ1) is 14.3. The number of hydrogen-bond donors (Lipinski definition) is 3. The second-order valence-corrected chi connectivity index (χ2v) is 8.75. The average Bonchev–Trinajstić information content (AvgIpc) is 3.55. The van der Waals surface area contributed by atoms with Gasteiger partial charge in [0.25, 0.3) is 5.91 Å². The number of nitrogens with zero attached hydrogens (tertiary/aromatic N) is 3. The summed E-state index contributed by atoms with van der Waals surface area (Å²) in [5, 5.41) is 19.1. The van der Waals surface area contributed by atoms with Crippen molar-refractivity contribution in [2.75, 3.05) is 12.4 Å². The van der Waals surface area contributed by atoms with Crippen LogP contribution in [0.4, 0.5) is 5.69 Å². The SMILES string of the molecule is Cc1cc(C(=O)Nc2cccc(C3(C(=N)N(C)C=N)CC(C)C3)c2)nc(C2CC2)n1.[HH]. The molecule has 2 saturated carbocycles. The van der Waals surface area contributed by atoms with E-state index in [0.717, 1.165) is 42.8 Å². The second-order valence-electron chi connectivity index (χ2n) is 8.75. The van der Waals surface area contributed by atoms with Crippen LogP contribution >= 0.6 is 0 Å². The van der Waals surface area contributed by atoms with Crippen LogP contribution in [0, 0.1) is 23.7 Å². The first-order valence-corrected chi connectivity index (χ1v) is 10.4. The monoisotopic (exact) mass is 406 g/mol. The lowest BCUT2D eigenvalue weighted by molar-refractivity contribution is 0.102. The molecule has 4 rings (SSSR count). The molecule has 2 aliphatic carbocycles. The summed E-state index contributed by atoms with van der Waals surface area (Å²) < 4.78 is 0. The van der Waals surface area contributed by atoms with Crippen molar-refractivity contribution in [3.63, 3.8) is 0 Å². The van der Waals surface area contributed by atoms with Crippen molar-refractivity contribution in [1.29, 1.82) is 10.8 Å². The fourth-order valence-corrected chi connectivity index (χ4v) is 4.42. The Bertz CT molecular complexity index is 1010. The van der Waals surface area contributed by atoms with E-state index in [1.807, 2.05) is 31.2 Å². The fourth-order valence-electron chi connectivity index (χ4n) is 4.42. The molecule has 7 heteroatoms. The van der Waals surface area contributed by atoms with Gasteiger partial charge in [-0.3, -0.25) is 15.6 Å². The molecule has 1 heterocycles. The molecule has 0 unspecified atom stereocenters. The van der Waals surface area contributed by atoms with E-state index in [2.05, 4.69) is 22.2 Å². The number of aryl methyl sites for hydroxylation is 1. The van der Waals surface area contributed by atoms with Crippen molar-refractivity contribution in [1.82, 2.24) is 14.9 Å².